The van der Waals surface area contributed by atoms with Crippen LogP contribution < -0.4 is 15.4 Å². The van der Waals surface area contributed by atoms with Crippen molar-refractivity contribution >= 4 is 11.7 Å². The van der Waals surface area contributed by atoms with Crippen molar-refractivity contribution in [3.63, 3.8) is 0 Å². The van der Waals surface area contributed by atoms with Crippen molar-refractivity contribution in [1.29, 1.82) is 0 Å². The highest BCUT2D eigenvalue weighted by atomic mass is 16.5. The molecule has 2 atom stereocenters. The highest BCUT2D eigenvalue weighted by molar-refractivity contribution is 5.91. The molecule has 0 unspecified atom stereocenters. The quantitative estimate of drug-likeness (QED) is 0.899. The largest absolute Gasteiger partial charge is 0.455 e. The summed E-state index contributed by atoms with van der Waals surface area (Å²) < 4.78 is 5.99. The number of nitrogens with one attached hydrogen (secondary N) is 2. The van der Waals surface area contributed by atoms with Crippen LogP contribution in [0, 0.1) is 12.8 Å². The standard InChI is InChI=1S/C20H23N3O2/c1-14-5-4-6-16(11-14)25-19-8-3-2-7-17(19)22-20(24)23-10-9-15-12-21-13-18(15)23/h2-8,11,15,18,21H,9-10,12-13H2,1H3,(H,22,24)/t15-,18+/m0/s1. The normalized spacial score (nSPS) is 21.9. The maximum atomic E-state index is 12.7. The molecule has 0 spiro atoms. The molecule has 2 aromatic rings. The van der Waals surface area contributed by atoms with Crippen LogP contribution in [0.1, 0.15) is 12.0 Å². The zero-order valence-electron chi connectivity index (χ0n) is 14.4. The van der Waals surface area contributed by atoms with Crippen molar-refractivity contribution in [2.24, 2.45) is 5.92 Å². The molecule has 2 amide bonds. The van der Waals surface area contributed by atoms with Gasteiger partial charge in [0, 0.05) is 25.7 Å². The number of rotatable bonds is 3. The van der Waals surface area contributed by atoms with Crippen molar-refractivity contribution in [1.82, 2.24) is 10.2 Å². The van der Waals surface area contributed by atoms with Crippen LogP contribution in [0.5, 0.6) is 11.5 Å². The summed E-state index contributed by atoms with van der Waals surface area (Å²) in [5.41, 5.74) is 1.83. The van der Waals surface area contributed by atoms with E-state index in [1.165, 1.54) is 0 Å². The van der Waals surface area contributed by atoms with Gasteiger partial charge < -0.3 is 20.3 Å². The van der Waals surface area contributed by atoms with E-state index in [2.05, 4.69) is 10.6 Å². The Balaban J connectivity index is 1.50. The van der Waals surface area contributed by atoms with E-state index in [0.29, 0.717) is 23.4 Å². The summed E-state index contributed by atoms with van der Waals surface area (Å²) in [6, 6.07) is 15.7. The topological polar surface area (TPSA) is 53.6 Å². The monoisotopic (exact) mass is 337 g/mol. The average molecular weight is 337 g/mol. The van der Waals surface area contributed by atoms with E-state index >= 15 is 0 Å². The SMILES string of the molecule is Cc1cccc(Oc2ccccc2NC(=O)N2CC[C@H]3CNC[C@H]32)c1. The summed E-state index contributed by atoms with van der Waals surface area (Å²) in [5, 5.41) is 6.41. The van der Waals surface area contributed by atoms with Gasteiger partial charge >= 0.3 is 6.03 Å². The van der Waals surface area contributed by atoms with Gasteiger partial charge in [-0.25, -0.2) is 4.79 Å². The molecule has 5 heteroatoms. The van der Waals surface area contributed by atoms with Gasteiger partial charge in [-0.15, -0.1) is 0 Å². The maximum Gasteiger partial charge on any atom is 0.322 e. The van der Waals surface area contributed by atoms with Gasteiger partial charge in [-0.05, 0) is 49.1 Å². The van der Waals surface area contributed by atoms with Crippen LogP contribution in [0.2, 0.25) is 0 Å². The zero-order valence-corrected chi connectivity index (χ0v) is 14.4. The first-order chi connectivity index (χ1) is 12.2. The molecule has 0 aliphatic carbocycles. The van der Waals surface area contributed by atoms with Crippen molar-refractivity contribution in [2.45, 2.75) is 19.4 Å². The van der Waals surface area contributed by atoms with Crippen LogP contribution in [0.4, 0.5) is 10.5 Å². The Bertz CT molecular complexity index is 777. The molecule has 5 nitrogen and oxygen atoms in total. The third kappa shape index (κ3) is 3.33. The third-order valence-corrected chi connectivity index (χ3v) is 5.05. The lowest BCUT2D eigenvalue weighted by Gasteiger charge is -2.24. The van der Waals surface area contributed by atoms with Crippen LogP contribution in [-0.2, 0) is 0 Å². The van der Waals surface area contributed by atoms with E-state index in [9.17, 15) is 4.79 Å². The smallest absolute Gasteiger partial charge is 0.322 e. The molecule has 2 N–H and O–H groups in total. The first-order valence-corrected chi connectivity index (χ1v) is 8.82. The van der Waals surface area contributed by atoms with Gasteiger partial charge in [-0.3, -0.25) is 0 Å². The Morgan fingerprint density at radius 2 is 2.08 bits per heavy atom. The highest BCUT2D eigenvalue weighted by Crippen LogP contribution is 2.32. The first-order valence-electron chi connectivity index (χ1n) is 8.82. The number of nitrogens with zero attached hydrogens (tertiary/aromatic N) is 1. The van der Waals surface area contributed by atoms with E-state index in [1.807, 2.05) is 60.4 Å². The van der Waals surface area contributed by atoms with Crippen LogP contribution in [0.3, 0.4) is 0 Å². The number of carbonyl (C=O) groups excluding carboxylic acids is 1. The minimum Gasteiger partial charge on any atom is -0.455 e. The summed E-state index contributed by atoms with van der Waals surface area (Å²) in [5.74, 6) is 2.01. The summed E-state index contributed by atoms with van der Waals surface area (Å²) in [7, 11) is 0. The van der Waals surface area contributed by atoms with Gasteiger partial charge in [0.2, 0.25) is 0 Å². The fourth-order valence-electron chi connectivity index (χ4n) is 3.75. The lowest BCUT2D eigenvalue weighted by atomic mass is 10.1. The highest BCUT2D eigenvalue weighted by Gasteiger charge is 2.40. The number of fused-ring (bicyclic) bond motifs is 1. The van der Waals surface area contributed by atoms with Gasteiger partial charge in [0.15, 0.2) is 5.75 Å². The second-order valence-corrected chi connectivity index (χ2v) is 6.81. The number of para-hydroxylation sites is 2. The molecule has 0 radical (unpaired) electrons. The lowest BCUT2D eigenvalue weighted by Crippen LogP contribution is -2.41. The summed E-state index contributed by atoms with van der Waals surface area (Å²) in [6.07, 6.45) is 1.08. The molecule has 4 rings (SSSR count). The van der Waals surface area contributed by atoms with Crippen LogP contribution in [-0.4, -0.2) is 36.6 Å². The first kappa shape index (κ1) is 16.0. The number of hydrogen-bond acceptors (Lipinski definition) is 3. The van der Waals surface area contributed by atoms with Crippen molar-refractivity contribution < 1.29 is 9.53 Å². The van der Waals surface area contributed by atoms with E-state index in [4.69, 9.17) is 4.74 Å². The summed E-state index contributed by atoms with van der Waals surface area (Å²) in [6.45, 7) is 4.75. The second kappa shape index (κ2) is 6.76. The number of carbonyl (C=O) groups is 1. The van der Waals surface area contributed by atoms with Crippen molar-refractivity contribution in [3.05, 3.63) is 54.1 Å². The Labute approximate surface area is 148 Å². The fraction of sp³-hybridized carbons (Fsp3) is 0.350. The third-order valence-electron chi connectivity index (χ3n) is 5.05. The molecule has 2 aliphatic heterocycles. The van der Waals surface area contributed by atoms with E-state index < -0.39 is 0 Å². The van der Waals surface area contributed by atoms with Crippen LogP contribution in [0.15, 0.2) is 48.5 Å². The fourth-order valence-corrected chi connectivity index (χ4v) is 3.75. The molecular formula is C20H23N3O2. The second-order valence-electron chi connectivity index (χ2n) is 6.81. The zero-order chi connectivity index (χ0) is 17.2. The Morgan fingerprint density at radius 3 is 2.96 bits per heavy atom. The summed E-state index contributed by atoms with van der Waals surface area (Å²) >= 11 is 0. The number of aryl methyl sites for hydroxylation is 1. The number of likely N-dealkylation sites (tertiary alicyclic amines) is 1. The average Bonchev–Trinajstić information content (AvgIpc) is 3.20. The molecule has 2 saturated heterocycles. The number of ether oxygens (including phenoxy) is 1. The number of amides is 2. The lowest BCUT2D eigenvalue weighted by molar-refractivity contribution is 0.206. The molecule has 2 heterocycles. The predicted octanol–water partition coefficient (Wildman–Crippen LogP) is 3.61. The minimum atomic E-state index is -0.0449. The Hall–Kier alpha value is -2.53. The molecule has 0 aromatic heterocycles. The summed E-state index contributed by atoms with van der Waals surface area (Å²) in [4.78, 5) is 14.7. The van der Waals surface area contributed by atoms with E-state index in [-0.39, 0.29) is 6.03 Å². The van der Waals surface area contributed by atoms with Crippen LogP contribution in [0.25, 0.3) is 0 Å². The number of urea groups is 1. The molecule has 2 fully saturated rings. The van der Waals surface area contributed by atoms with Gasteiger partial charge in [0.1, 0.15) is 5.75 Å². The van der Waals surface area contributed by atoms with Crippen molar-refractivity contribution in [2.75, 3.05) is 25.0 Å². The van der Waals surface area contributed by atoms with E-state index in [0.717, 1.165) is 37.4 Å². The molecule has 2 aromatic carbocycles. The van der Waals surface area contributed by atoms with Gasteiger partial charge in [-0.1, -0.05) is 24.3 Å². The molecule has 25 heavy (non-hydrogen) atoms. The van der Waals surface area contributed by atoms with Crippen LogP contribution >= 0.6 is 0 Å². The van der Waals surface area contributed by atoms with Gasteiger partial charge in [-0.2, -0.15) is 0 Å². The van der Waals surface area contributed by atoms with E-state index in [1.54, 1.807) is 0 Å². The number of anilines is 1. The van der Waals surface area contributed by atoms with Gasteiger partial charge in [0.25, 0.3) is 0 Å². The Morgan fingerprint density at radius 1 is 1.20 bits per heavy atom. The van der Waals surface area contributed by atoms with Gasteiger partial charge in [0.05, 0.1) is 5.69 Å². The Kier molecular flexibility index (Phi) is 4.32. The minimum absolute atomic E-state index is 0.0449. The number of benzene rings is 2. The maximum absolute atomic E-state index is 12.7. The molecule has 0 saturated carbocycles. The molecule has 0 bridgehead atoms. The van der Waals surface area contributed by atoms with Crippen molar-refractivity contribution in [3.8, 4) is 11.5 Å². The number of hydrogen-bond donors (Lipinski definition) is 2. The molecule has 2 aliphatic rings. The predicted molar refractivity (Wildman–Crippen MR) is 98.2 cm³/mol. The molecular weight excluding hydrogens is 314 g/mol. The molecule has 130 valence electrons.